The van der Waals surface area contributed by atoms with Crippen LogP contribution in [0.15, 0.2) is 29.3 Å². The Bertz CT molecular complexity index is 691. The van der Waals surface area contributed by atoms with Crippen LogP contribution in [0.2, 0.25) is 0 Å². The third-order valence-corrected chi connectivity index (χ3v) is 3.48. The summed E-state index contributed by atoms with van der Waals surface area (Å²) in [7, 11) is 0. The molecule has 0 fully saturated rings. The number of nitrogens with zero attached hydrogens (tertiary/aromatic N) is 3. The summed E-state index contributed by atoms with van der Waals surface area (Å²) in [5.41, 5.74) is 1.97. The lowest BCUT2D eigenvalue weighted by Gasteiger charge is -2.13. The van der Waals surface area contributed by atoms with Gasteiger partial charge < -0.3 is 15.2 Å². The van der Waals surface area contributed by atoms with Crippen LogP contribution in [0, 0.1) is 6.92 Å². The number of aryl methyl sites for hydroxylation is 1. The number of aliphatic imine (C=N–C) groups is 1. The van der Waals surface area contributed by atoms with Crippen LogP contribution in [0.4, 0.5) is 13.2 Å². The number of hydrogen-bond acceptors (Lipinski definition) is 2. The van der Waals surface area contributed by atoms with E-state index in [0.29, 0.717) is 25.6 Å². The zero-order chi connectivity index (χ0) is 17.6. The molecule has 5 nitrogen and oxygen atoms in total. The molecule has 0 saturated heterocycles. The molecule has 1 heterocycles. The molecule has 0 amide bonds. The number of hydrogen-bond donors (Lipinski definition) is 2. The van der Waals surface area contributed by atoms with E-state index in [-0.39, 0.29) is 6.54 Å². The van der Waals surface area contributed by atoms with Crippen LogP contribution < -0.4 is 10.6 Å². The van der Waals surface area contributed by atoms with Gasteiger partial charge in [-0.15, -0.1) is 0 Å². The predicted molar refractivity (Wildman–Crippen MR) is 89.1 cm³/mol. The third kappa shape index (κ3) is 5.14. The predicted octanol–water partition coefficient (Wildman–Crippen LogP) is 2.85. The SMILES string of the molecule is CCNC(=NCCC(F)(F)F)NCCn1c(C)nc2ccccc21. The molecule has 2 N–H and O–H groups in total. The fourth-order valence-electron chi connectivity index (χ4n) is 2.40. The van der Waals surface area contributed by atoms with Crippen LogP contribution in [-0.2, 0) is 6.54 Å². The van der Waals surface area contributed by atoms with E-state index >= 15 is 0 Å². The Morgan fingerprint density at radius 3 is 2.71 bits per heavy atom. The molecule has 132 valence electrons. The van der Waals surface area contributed by atoms with E-state index in [9.17, 15) is 13.2 Å². The topological polar surface area (TPSA) is 54.2 Å². The van der Waals surface area contributed by atoms with Gasteiger partial charge in [-0.05, 0) is 26.0 Å². The zero-order valence-electron chi connectivity index (χ0n) is 13.8. The molecule has 1 aromatic heterocycles. The Kier molecular flexibility index (Phi) is 6.05. The lowest BCUT2D eigenvalue weighted by atomic mass is 10.3. The highest BCUT2D eigenvalue weighted by Crippen LogP contribution is 2.19. The molecule has 0 atom stereocenters. The average Bonchev–Trinajstić information content (AvgIpc) is 2.82. The number of alkyl halides is 3. The van der Waals surface area contributed by atoms with Gasteiger partial charge in [0.2, 0.25) is 0 Å². The van der Waals surface area contributed by atoms with Gasteiger partial charge in [0.25, 0.3) is 0 Å². The van der Waals surface area contributed by atoms with Crippen LogP contribution in [-0.4, -0.2) is 41.3 Å². The lowest BCUT2D eigenvalue weighted by Crippen LogP contribution is -2.39. The molecule has 8 heteroatoms. The Morgan fingerprint density at radius 1 is 1.25 bits per heavy atom. The van der Waals surface area contributed by atoms with E-state index in [1.807, 2.05) is 38.1 Å². The first-order chi connectivity index (χ1) is 11.4. The number of para-hydroxylation sites is 2. The number of guanidine groups is 1. The second-order valence-corrected chi connectivity index (χ2v) is 5.35. The van der Waals surface area contributed by atoms with Gasteiger partial charge in [0, 0.05) is 19.6 Å². The molecule has 0 radical (unpaired) electrons. The van der Waals surface area contributed by atoms with Gasteiger partial charge >= 0.3 is 6.18 Å². The van der Waals surface area contributed by atoms with Gasteiger partial charge in [0.05, 0.1) is 24.0 Å². The van der Waals surface area contributed by atoms with Gasteiger partial charge in [-0.25, -0.2) is 4.98 Å². The summed E-state index contributed by atoms with van der Waals surface area (Å²) >= 11 is 0. The highest BCUT2D eigenvalue weighted by molar-refractivity contribution is 5.79. The number of fused-ring (bicyclic) bond motifs is 1. The van der Waals surface area contributed by atoms with E-state index in [1.165, 1.54) is 0 Å². The number of nitrogens with one attached hydrogen (secondary N) is 2. The van der Waals surface area contributed by atoms with Gasteiger partial charge in [-0.1, -0.05) is 12.1 Å². The summed E-state index contributed by atoms with van der Waals surface area (Å²) in [6.45, 7) is 5.29. The molecule has 0 aliphatic rings. The summed E-state index contributed by atoms with van der Waals surface area (Å²) in [5, 5.41) is 6.01. The molecule has 24 heavy (non-hydrogen) atoms. The van der Waals surface area contributed by atoms with Gasteiger partial charge in [0.1, 0.15) is 5.82 Å². The van der Waals surface area contributed by atoms with Crippen LogP contribution in [0.25, 0.3) is 11.0 Å². The average molecular weight is 341 g/mol. The van der Waals surface area contributed by atoms with E-state index in [2.05, 4.69) is 25.2 Å². The van der Waals surface area contributed by atoms with Gasteiger partial charge in [0.15, 0.2) is 5.96 Å². The second kappa shape index (κ2) is 8.03. The van der Waals surface area contributed by atoms with Crippen molar-refractivity contribution < 1.29 is 13.2 Å². The quantitative estimate of drug-likeness (QED) is 0.627. The van der Waals surface area contributed by atoms with E-state index in [1.54, 1.807) is 0 Å². The van der Waals surface area contributed by atoms with E-state index in [0.717, 1.165) is 16.9 Å². The first-order valence-corrected chi connectivity index (χ1v) is 7.91. The molecular formula is C16H22F3N5. The van der Waals surface area contributed by atoms with Crippen molar-refractivity contribution in [3.8, 4) is 0 Å². The monoisotopic (exact) mass is 341 g/mol. The van der Waals surface area contributed by atoms with Crippen molar-refractivity contribution in [3.05, 3.63) is 30.1 Å². The zero-order valence-corrected chi connectivity index (χ0v) is 13.8. The molecule has 0 aliphatic carbocycles. The number of benzene rings is 1. The minimum absolute atomic E-state index is 0.286. The Balaban J connectivity index is 1.94. The molecule has 2 rings (SSSR count). The first kappa shape index (κ1) is 18.1. The maximum Gasteiger partial charge on any atom is 0.390 e. The number of aromatic nitrogens is 2. The molecule has 0 aliphatic heterocycles. The van der Waals surface area contributed by atoms with Crippen LogP contribution in [0.5, 0.6) is 0 Å². The highest BCUT2D eigenvalue weighted by Gasteiger charge is 2.26. The maximum absolute atomic E-state index is 12.2. The van der Waals surface area contributed by atoms with Crippen molar-refractivity contribution in [2.24, 2.45) is 4.99 Å². The molecule has 0 unspecified atom stereocenters. The largest absolute Gasteiger partial charge is 0.390 e. The van der Waals surface area contributed by atoms with Crippen LogP contribution >= 0.6 is 0 Å². The van der Waals surface area contributed by atoms with Crippen molar-refractivity contribution in [2.45, 2.75) is 33.0 Å². The van der Waals surface area contributed by atoms with Crippen LogP contribution in [0.3, 0.4) is 0 Å². The lowest BCUT2D eigenvalue weighted by molar-refractivity contribution is -0.132. The first-order valence-electron chi connectivity index (χ1n) is 7.91. The molecule has 1 aromatic carbocycles. The van der Waals surface area contributed by atoms with Gasteiger partial charge in [-0.2, -0.15) is 13.2 Å². The summed E-state index contributed by atoms with van der Waals surface area (Å²) in [5.74, 6) is 1.29. The second-order valence-electron chi connectivity index (χ2n) is 5.35. The molecule has 0 spiro atoms. The molecule has 2 aromatic rings. The van der Waals surface area contributed by atoms with Crippen molar-refractivity contribution >= 4 is 17.0 Å². The summed E-state index contributed by atoms with van der Waals surface area (Å²) < 4.78 is 38.7. The van der Waals surface area contributed by atoms with Crippen LogP contribution in [0.1, 0.15) is 19.2 Å². The van der Waals surface area contributed by atoms with Crippen molar-refractivity contribution in [2.75, 3.05) is 19.6 Å². The smallest absolute Gasteiger partial charge is 0.357 e. The Hall–Kier alpha value is -2.25. The number of rotatable bonds is 6. The van der Waals surface area contributed by atoms with E-state index < -0.39 is 12.6 Å². The maximum atomic E-state index is 12.2. The van der Waals surface area contributed by atoms with E-state index in [4.69, 9.17) is 0 Å². The fraction of sp³-hybridized carbons (Fsp3) is 0.500. The standard InChI is InChI=1S/C16H22F3N5/c1-3-20-15(21-9-8-16(17,18)19)22-10-11-24-12(2)23-13-6-4-5-7-14(13)24/h4-7H,3,8-11H2,1-2H3,(H2,20,21,22). The Labute approximate surface area is 139 Å². The fourth-order valence-corrected chi connectivity index (χ4v) is 2.40. The van der Waals surface area contributed by atoms with Crippen molar-refractivity contribution in [3.63, 3.8) is 0 Å². The minimum Gasteiger partial charge on any atom is -0.357 e. The number of halogens is 3. The molecular weight excluding hydrogens is 319 g/mol. The minimum atomic E-state index is -4.19. The van der Waals surface area contributed by atoms with Crippen molar-refractivity contribution in [1.82, 2.24) is 20.2 Å². The third-order valence-electron chi connectivity index (χ3n) is 3.48. The summed E-state index contributed by atoms with van der Waals surface area (Å²) in [4.78, 5) is 8.44. The molecule has 0 bridgehead atoms. The summed E-state index contributed by atoms with van der Waals surface area (Å²) in [6, 6.07) is 7.84. The molecule has 0 saturated carbocycles. The normalized spacial score (nSPS) is 12.6. The highest BCUT2D eigenvalue weighted by atomic mass is 19.4. The summed E-state index contributed by atoms with van der Waals surface area (Å²) in [6.07, 6.45) is -5.11. The number of imidazole rings is 1. The Morgan fingerprint density at radius 2 is 2.00 bits per heavy atom. The van der Waals surface area contributed by atoms with Gasteiger partial charge in [-0.3, -0.25) is 4.99 Å². The van der Waals surface area contributed by atoms with Crippen molar-refractivity contribution in [1.29, 1.82) is 0 Å².